The second-order valence-electron chi connectivity index (χ2n) is 6.47. The first-order chi connectivity index (χ1) is 9.65. The van der Waals surface area contributed by atoms with Crippen molar-refractivity contribution in [1.82, 2.24) is 10.2 Å². The van der Waals surface area contributed by atoms with Crippen LogP contribution in [0.25, 0.3) is 0 Å². The van der Waals surface area contributed by atoms with E-state index < -0.39 is 0 Å². The Morgan fingerprint density at radius 2 is 1.95 bits per heavy atom. The van der Waals surface area contributed by atoms with Crippen molar-refractivity contribution in [3.63, 3.8) is 0 Å². The number of halogens is 1. The third-order valence-electron chi connectivity index (χ3n) is 4.91. The maximum absolute atomic E-state index is 3.91. The van der Waals surface area contributed by atoms with Gasteiger partial charge in [-0.3, -0.25) is 0 Å². The third-order valence-corrected chi connectivity index (χ3v) is 5.65. The van der Waals surface area contributed by atoms with E-state index in [2.05, 4.69) is 58.2 Å². The number of nitrogens with one attached hydrogen (secondary N) is 1. The van der Waals surface area contributed by atoms with E-state index in [1.165, 1.54) is 54.4 Å². The van der Waals surface area contributed by atoms with E-state index in [9.17, 15) is 0 Å². The van der Waals surface area contributed by atoms with Gasteiger partial charge in [0.2, 0.25) is 0 Å². The van der Waals surface area contributed by atoms with Gasteiger partial charge in [-0.25, -0.2) is 0 Å². The molecule has 0 saturated carbocycles. The van der Waals surface area contributed by atoms with Crippen molar-refractivity contribution >= 4 is 15.9 Å². The van der Waals surface area contributed by atoms with Crippen LogP contribution in [0.3, 0.4) is 0 Å². The molecule has 1 aliphatic heterocycles. The number of hydrogen-bond donors (Lipinski definition) is 1. The lowest BCUT2D eigenvalue weighted by Crippen LogP contribution is -2.45. The van der Waals surface area contributed by atoms with E-state index >= 15 is 0 Å². The minimum absolute atomic E-state index is 0.568. The van der Waals surface area contributed by atoms with E-state index in [0.29, 0.717) is 18.1 Å². The highest BCUT2D eigenvalue weighted by atomic mass is 79.9. The Hall–Kier alpha value is -0.380. The van der Waals surface area contributed by atoms with Gasteiger partial charge in [0.25, 0.3) is 0 Å². The van der Waals surface area contributed by atoms with Crippen LogP contribution in [0.15, 0.2) is 22.7 Å². The molecule has 1 saturated heterocycles. The summed E-state index contributed by atoms with van der Waals surface area (Å²) < 4.78 is 1.29. The monoisotopic (exact) mass is 336 g/mol. The van der Waals surface area contributed by atoms with Crippen LogP contribution in [0.4, 0.5) is 0 Å². The molecule has 1 N–H and O–H groups in total. The van der Waals surface area contributed by atoms with Crippen molar-refractivity contribution in [2.45, 2.75) is 57.7 Å². The Morgan fingerprint density at radius 3 is 2.65 bits per heavy atom. The summed E-state index contributed by atoms with van der Waals surface area (Å²) in [6.45, 7) is 7.10. The number of piperidine rings is 1. The minimum Gasteiger partial charge on any atom is -0.307 e. The van der Waals surface area contributed by atoms with Crippen LogP contribution in [0.1, 0.15) is 50.3 Å². The largest absolute Gasteiger partial charge is 0.307 e. The standard InChI is InChI=1S/C17H25BrN2/c1-12(2)20-10-8-13(9-11-20)19-17-7-6-14-15(17)4-3-5-16(14)18/h3-5,12-13,17,19H,6-11H2,1-2H3. The van der Waals surface area contributed by atoms with Gasteiger partial charge in [0, 0.05) is 22.6 Å². The fraction of sp³-hybridized carbons (Fsp3) is 0.647. The lowest BCUT2D eigenvalue weighted by Gasteiger charge is -2.36. The van der Waals surface area contributed by atoms with Crippen LogP contribution in [0, 0.1) is 0 Å². The van der Waals surface area contributed by atoms with E-state index in [0.717, 1.165) is 0 Å². The molecule has 2 nitrogen and oxygen atoms in total. The van der Waals surface area contributed by atoms with Crippen molar-refractivity contribution < 1.29 is 0 Å². The highest BCUT2D eigenvalue weighted by Crippen LogP contribution is 2.36. The molecule has 0 bridgehead atoms. The number of benzene rings is 1. The summed E-state index contributed by atoms with van der Waals surface area (Å²) in [6.07, 6.45) is 5.04. The summed E-state index contributed by atoms with van der Waals surface area (Å²) in [7, 11) is 0. The highest BCUT2D eigenvalue weighted by molar-refractivity contribution is 9.10. The molecular weight excluding hydrogens is 312 g/mol. The fourth-order valence-electron chi connectivity index (χ4n) is 3.65. The summed E-state index contributed by atoms with van der Waals surface area (Å²) in [5, 5.41) is 3.91. The smallest absolute Gasteiger partial charge is 0.0328 e. The molecule has 2 aliphatic rings. The lowest BCUT2D eigenvalue weighted by atomic mass is 10.0. The van der Waals surface area contributed by atoms with E-state index in [-0.39, 0.29) is 0 Å². The number of hydrogen-bond acceptors (Lipinski definition) is 2. The van der Waals surface area contributed by atoms with Gasteiger partial charge in [-0.05, 0) is 69.8 Å². The van der Waals surface area contributed by atoms with E-state index in [1.807, 2.05) is 0 Å². The van der Waals surface area contributed by atoms with Crippen molar-refractivity contribution in [1.29, 1.82) is 0 Å². The topological polar surface area (TPSA) is 15.3 Å². The van der Waals surface area contributed by atoms with E-state index in [1.54, 1.807) is 0 Å². The first kappa shape index (κ1) is 14.6. The maximum atomic E-state index is 3.91. The Bertz CT molecular complexity index is 464. The van der Waals surface area contributed by atoms with Gasteiger partial charge in [0.1, 0.15) is 0 Å². The quantitative estimate of drug-likeness (QED) is 0.900. The molecule has 1 aliphatic carbocycles. The zero-order chi connectivity index (χ0) is 14.1. The SMILES string of the molecule is CC(C)N1CCC(NC2CCc3c(Br)cccc32)CC1. The maximum Gasteiger partial charge on any atom is 0.0328 e. The van der Waals surface area contributed by atoms with Gasteiger partial charge in [0.15, 0.2) is 0 Å². The first-order valence-electron chi connectivity index (χ1n) is 7.92. The average molecular weight is 337 g/mol. The molecule has 3 rings (SSSR count). The van der Waals surface area contributed by atoms with Crippen molar-refractivity contribution in [3.8, 4) is 0 Å². The predicted octanol–water partition coefficient (Wildman–Crippen LogP) is 3.90. The second kappa shape index (κ2) is 6.17. The minimum atomic E-state index is 0.568. The van der Waals surface area contributed by atoms with Crippen molar-refractivity contribution in [2.24, 2.45) is 0 Å². The molecule has 0 radical (unpaired) electrons. The Morgan fingerprint density at radius 1 is 1.20 bits per heavy atom. The molecule has 1 atom stereocenters. The molecular formula is C17H25BrN2. The molecule has 1 unspecified atom stereocenters. The van der Waals surface area contributed by atoms with Crippen LogP contribution >= 0.6 is 15.9 Å². The van der Waals surface area contributed by atoms with Gasteiger partial charge in [-0.1, -0.05) is 28.1 Å². The molecule has 0 aromatic heterocycles. The first-order valence-corrected chi connectivity index (χ1v) is 8.72. The van der Waals surface area contributed by atoms with Gasteiger partial charge in [0.05, 0.1) is 0 Å². The molecule has 0 spiro atoms. The van der Waals surface area contributed by atoms with Crippen molar-refractivity contribution in [3.05, 3.63) is 33.8 Å². The summed E-state index contributed by atoms with van der Waals surface area (Å²) in [5.41, 5.74) is 3.04. The summed E-state index contributed by atoms with van der Waals surface area (Å²) >= 11 is 3.69. The number of likely N-dealkylation sites (tertiary alicyclic amines) is 1. The predicted molar refractivity (Wildman–Crippen MR) is 88.1 cm³/mol. The molecule has 1 aromatic rings. The molecule has 0 amide bonds. The molecule has 1 aromatic carbocycles. The second-order valence-corrected chi connectivity index (χ2v) is 7.32. The summed E-state index contributed by atoms with van der Waals surface area (Å²) in [6, 6.07) is 8.60. The normalized spacial score (nSPS) is 24.3. The van der Waals surface area contributed by atoms with Gasteiger partial charge in [-0.15, -0.1) is 0 Å². The van der Waals surface area contributed by atoms with Gasteiger partial charge >= 0.3 is 0 Å². The molecule has 3 heteroatoms. The van der Waals surface area contributed by atoms with Crippen LogP contribution in [0.5, 0.6) is 0 Å². The summed E-state index contributed by atoms with van der Waals surface area (Å²) in [4.78, 5) is 2.59. The molecule has 20 heavy (non-hydrogen) atoms. The van der Waals surface area contributed by atoms with Crippen LogP contribution < -0.4 is 5.32 Å². The zero-order valence-electron chi connectivity index (χ0n) is 12.5. The molecule has 1 heterocycles. The van der Waals surface area contributed by atoms with Gasteiger partial charge in [-0.2, -0.15) is 0 Å². The number of nitrogens with zero attached hydrogens (tertiary/aromatic N) is 1. The van der Waals surface area contributed by atoms with Gasteiger partial charge < -0.3 is 10.2 Å². The lowest BCUT2D eigenvalue weighted by molar-refractivity contribution is 0.156. The van der Waals surface area contributed by atoms with Crippen LogP contribution in [0.2, 0.25) is 0 Å². The highest BCUT2D eigenvalue weighted by Gasteiger charge is 2.28. The number of rotatable bonds is 3. The van der Waals surface area contributed by atoms with Crippen molar-refractivity contribution in [2.75, 3.05) is 13.1 Å². The zero-order valence-corrected chi connectivity index (χ0v) is 14.1. The van der Waals surface area contributed by atoms with Crippen LogP contribution in [-0.4, -0.2) is 30.1 Å². The van der Waals surface area contributed by atoms with E-state index in [4.69, 9.17) is 0 Å². The fourth-order valence-corrected chi connectivity index (χ4v) is 4.23. The Kier molecular flexibility index (Phi) is 4.49. The molecule has 110 valence electrons. The Labute approximate surface area is 131 Å². The Balaban J connectivity index is 1.60. The van der Waals surface area contributed by atoms with Crippen LogP contribution in [-0.2, 0) is 6.42 Å². The number of fused-ring (bicyclic) bond motifs is 1. The third kappa shape index (κ3) is 2.95. The molecule has 1 fully saturated rings. The average Bonchev–Trinajstić information content (AvgIpc) is 2.84. The summed E-state index contributed by atoms with van der Waals surface area (Å²) in [5.74, 6) is 0.